The van der Waals surface area contributed by atoms with E-state index in [0.717, 1.165) is 19.3 Å². The van der Waals surface area contributed by atoms with E-state index in [-0.39, 0.29) is 42.5 Å². The zero-order chi connectivity index (χ0) is 19.1. The normalized spacial score (nSPS) is 35.4. The van der Waals surface area contributed by atoms with Crippen LogP contribution in [-0.4, -0.2) is 57.8 Å². The van der Waals surface area contributed by atoms with Gasteiger partial charge in [0, 0.05) is 25.3 Å². The van der Waals surface area contributed by atoms with Crippen LogP contribution < -0.4 is 11.1 Å². The van der Waals surface area contributed by atoms with Gasteiger partial charge in [-0.15, -0.1) is 0 Å². The zero-order valence-corrected chi connectivity index (χ0v) is 16.0. The number of fused-ring (bicyclic) bond motifs is 2. The molecule has 4 rings (SSSR count). The number of carbonyl (C=O) groups is 2. The summed E-state index contributed by atoms with van der Waals surface area (Å²) in [6.45, 7) is 5.28. The van der Waals surface area contributed by atoms with Gasteiger partial charge in [-0.1, -0.05) is 0 Å². The van der Waals surface area contributed by atoms with E-state index in [1.807, 2.05) is 18.7 Å². The number of nitrogens with zero attached hydrogens (tertiary/aromatic N) is 3. The fourth-order valence-electron chi connectivity index (χ4n) is 5.09. The first-order valence-corrected chi connectivity index (χ1v) is 9.93. The Kier molecular flexibility index (Phi) is 4.94. The van der Waals surface area contributed by atoms with Crippen molar-refractivity contribution in [2.75, 3.05) is 18.4 Å². The van der Waals surface area contributed by atoms with E-state index in [1.165, 1.54) is 0 Å². The average Bonchev–Trinajstić information content (AvgIpc) is 3.30. The number of carbonyl (C=O) groups excluding carboxylic acids is 2. The second-order valence-corrected chi connectivity index (χ2v) is 8.41. The van der Waals surface area contributed by atoms with Crippen LogP contribution in [0.1, 0.15) is 33.1 Å². The van der Waals surface area contributed by atoms with Gasteiger partial charge in [0.25, 0.3) is 0 Å². The largest absolute Gasteiger partial charge is 0.372 e. The van der Waals surface area contributed by atoms with Crippen LogP contribution in [0.15, 0.2) is 12.4 Å². The van der Waals surface area contributed by atoms with Crippen molar-refractivity contribution in [2.45, 2.75) is 57.9 Å². The first-order valence-electron chi connectivity index (χ1n) is 9.93. The summed E-state index contributed by atoms with van der Waals surface area (Å²) in [5.41, 5.74) is 6.87. The standard InChI is InChI=1S/C19H29N5O3/c1-11-7-23(8-12(2)27-11)16(25)10-24-9-15(6-21-24)22-19(26)17-13-3-4-14(5-13)18(17)20/h6,9,11-14,17-18H,3-5,7-8,10,20H2,1-2H3,(H,22,26). The lowest BCUT2D eigenvalue weighted by molar-refractivity contribution is -0.144. The highest BCUT2D eigenvalue weighted by atomic mass is 16.5. The van der Waals surface area contributed by atoms with Gasteiger partial charge in [0.2, 0.25) is 11.8 Å². The quantitative estimate of drug-likeness (QED) is 0.811. The second kappa shape index (κ2) is 7.24. The minimum atomic E-state index is -0.106. The maximum atomic E-state index is 12.6. The van der Waals surface area contributed by atoms with Crippen molar-refractivity contribution < 1.29 is 14.3 Å². The van der Waals surface area contributed by atoms with Crippen LogP contribution in [0.5, 0.6) is 0 Å². The van der Waals surface area contributed by atoms with Gasteiger partial charge in [0.05, 0.1) is 30.0 Å². The van der Waals surface area contributed by atoms with E-state index in [1.54, 1.807) is 17.1 Å². The first-order chi connectivity index (χ1) is 12.9. The van der Waals surface area contributed by atoms with Crippen LogP contribution >= 0.6 is 0 Å². The highest BCUT2D eigenvalue weighted by molar-refractivity contribution is 5.93. The number of aromatic nitrogens is 2. The smallest absolute Gasteiger partial charge is 0.244 e. The number of morpholine rings is 1. The third kappa shape index (κ3) is 3.73. The number of amides is 2. The molecule has 1 aromatic rings. The Morgan fingerprint density at radius 3 is 2.63 bits per heavy atom. The van der Waals surface area contributed by atoms with E-state index in [2.05, 4.69) is 10.4 Å². The predicted octanol–water partition coefficient (Wildman–Crippen LogP) is 0.831. The molecule has 1 aliphatic heterocycles. The lowest BCUT2D eigenvalue weighted by Gasteiger charge is -2.35. The zero-order valence-electron chi connectivity index (χ0n) is 16.0. The van der Waals surface area contributed by atoms with Gasteiger partial charge in [0.15, 0.2) is 0 Å². The van der Waals surface area contributed by atoms with Crippen molar-refractivity contribution in [1.82, 2.24) is 14.7 Å². The summed E-state index contributed by atoms with van der Waals surface area (Å²) in [5, 5.41) is 7.17. The molecule has 3 N–H and O–H groups in total. The molecule has 2 bridgehead atoms. The van der Waals surface area contributed by atoms with Crippen LogP contribution in [-0.2, 0) is 20.9 Å². The molecule has 8 nitrogen and oxygen atoms in total. The summed E-state index contributed by atoms with van der Waals surface area (Å²) < 4.78 is 7.24. The summed E-state index contributed by atoms with van der Waals surface area (Å²) in [7, 11) is 0. The Bertz CT molecular complexity index is 708. The maximum Gasteiger partial charge on any atom is 0.244 e. The minimum absolute atomic E-state index is 0.00750. The van der Waals surface area contributed by atoms with Crippen molar-refractivity contribution >= 4 is 17.5 Å². The molecule has 2 aliphatic carbocycles. The second-order valence-electron chi connectivity index (χ2n) is 8.41. The molecule has 2 heterocycles. The number of hydrogen-bond donors (Lipinski definition) is 2. The molecule has 0 spiro atoms. The Balaban J connectivity index is 1.33. The van der Waals surface area contributed by atoms with Crippen LogP contribution in [0.4, 0.5) is 5.69 Å². The molecule has 2 saturated carbocycles. The Morgan fingerprint density at radius 1 is 1.26 bits per heavy atom. The highest BCUT2D eigenvalue weighted by Gasteiger charge is 2.49. The minimum Gasteiger partial charge on any atom is -0.372 e. The third-order valence-electron chi connectivity index (χ3n) is 6.25. The Labute approximate surface area is 159 Å². The number of anilines is 1. The third-order valence-corrected chi connectivity index (χ3v) is 6.25. The molecule has 0 aromatic carbocycles. The number of ether oxygens (including phenoxy) is 1. The van der Waals surface area contributed by atoms with Crippen LogP contribution in [0.25, 0.3) is 0 Å². The van der Waals surface area contributed by atoms with Gasteiger partial charge in [-0.2, -0.15) is 5.10 Å². The van der Waals surface area contributed by atoms with Crippen molar-refractivity contribution in [1.29, 1.82) is 0 Å². The van der Waals surface area contributed by atoms with Gasteiger partial charge in [0.1, 0.15) is 6.54 Å². The molecule has 27 heavy (non-hydrogen) atoms. The average molecular weight is 375 g/mol. The van der Waals surface area contributed by atoms with E-state index in [0.29, 0.717) is 30.6 Å². The molecular formula is C19H29N5O3. The molecule has 6 atom stereocenters. The number of rotatable bonds is 4. The number of nitrogens with two attached hydrogens (primary N) is 1. The van der Waals surface area contributed by atoms with Crippen molar-refractivity contribution in [3.05, 3.63) is 12.4 Å². The SMILES string of the molecule is CC1CN(C(=O)Cn2cc(NC(=O)C3C4CCC(C4)C3N)cn2)CC(C)O1. The van der Waals surface area contributed by atoms with Crippen molar-refractivity contribution in [2.24, 2.45) is 23.5 Å². The molecular weight excluding hydrogens is 346 g/mol. The van der Waals surface area contributed by atoms with Crippen LogP contribution in [0.2, 0.25) is 0 Å². The maximum absolute atomic E-state index is 12.6. The molecule has 1 saturated heterocycles. The van der Waals surface area contributed by atoms with E-state index >= 15 is 0 Å². The Hall–Kier alpha value is -1.93. The molecule has 1 aromatic heterocycles. The Morgan fingerprint density at radius 2 is 1.96 bits per heavy atom. The number of nitrogens with one attached hydrogen (secondary N) is 1. The summed E-state index contributed by atoms with van der Waals surface area (Å²) in [4.78, 5) is 27.0. The first kappa shape index (κ1) is 18.4. The summed E-state index contributed by atoms with van der Waals surface area (Å²) in [6, 6.07) is -0.0364. The molecule has 0 radical (unpaired) electrons. The van der Waals surface area contributed by atoms with Crippen molar-refractivity contribution in [3.63, 3.8) is 0 Å². The van der Waals surface area contributed by atoms with E-state index in [9.17, 15) is 9.59 Å². The summed E-state index contributed by atoms with van der Waals surface area (Å²) >= 11 is 0. The van der Waals surface area contributed by atoms with Gasteiger partial charge in [-0.3, -0.25) is 14.3 Å². The fraction of sp³-hybridized carbons (Fsp3) is 0.737. The molecule has 6 unspecified atom stereocenters. The fourth-order valence-corrected chi connectivity index (χ4v) is 5.09. The van der Waals surface area contributed by atoms with Crippen LogP contribution in [0.3, 0.4) is 0 Å². The van der Waals surface area contributed by atoms with Gasteiger partial charge >= 0.3 is 0 Å². The lowest BCUT2D eigenvalue weighted by atomic mass is 9.84. The lowest BCUT2D eigenvalue weighted by Crippen LogP contribution is -2.49. The van der Waals surface area contributed by atoms with Crippen molar-refractivity contribution in [3.8, 4) is 0 Å². The molecule has 8 heteroatoms. The monoisotopic (exact) mass is 375 g/mol. The van der Waals surface area contributed by atoms with Gasteiger partial charge in [-0.05, 0) is 44.9 Å². The molecule has 2 amide bonds. The summed E-state index contributed by atoms with van der Waals surface area (Å²) in [5.74, 6) is 0.783. The van der Waals surface area contributed by atoms with Crippen LogP contribution in [0, 0.1) is 17.8 Å². The van der Waals surface area contributed by atoms with Gasteiger partial charge in [-0.25, -0.2) is 0 Å². The molecule has 3 fully saturated rings. The number of hydrogen-bond acceptors (Lipinski definition) is 5. The predicted molar refractivity (Wildman–Crippen MR) is 99.7 cm³/mol. The highest BCUT2D eigenvalue weighted by Crippen LogP contribution is 2.47. The summed E-state index contributed by atoms with van der Waals surface area (Å²) in [6.07, 6.45) is 6.70. The van der Waals surface area contributed by atoms with E-state index in [4.69, 9.17) is 10.5 Å². The van der Waals surface area contributed by atoms with E-state index < -0.39 is 0 Å². The molecule has 148 valence electrons. The van der Waals surface area contributed by atoms with Gasteiger partial charge < -0.3 is 20.7 Å². The molecule has 3 aliphatic rings. The topological polar surface area (TPSA) is 102 Å².